The number of nitrogens with two attached hydrogens (primary N) is 1. The molecule has 3 rings (SSSR count). The molecule has 1 aromatic heterocycles. The van der Waals surface area contributed by atoms with Crippen LogP contribution >= 0.6 is 11.3 Å². The van der Waals surface area contributed by atoms with Gasteiger partial charge in [-0.25, -0.2) is 0 Å². The summed E-state index contributed by atoms with van der Waals surface area (Å²) in [4.78, 5) is 42.0. The summed E-state index contributed by atoms with van der Waals surface area (Å²) in [7, 11) is 0. The Kier molecular flexibility index (Phi) is 6.40. The Labute approximate surface area is 170 Å². The number of carbonyl (C=O) groups is 3. The molecule has 28 heavy (non-hydrogen) atoms. The fraction of sp³-hybridized carbons (Fsp3) is 0.650. The van der Waals surface area contributed by atoms with E-state index < -0.39 is 5.91 Å². The molecule has 0 spiro atoms. The van der Waals surface area contributed by atoms with E-state index in [0.717, 1.165) is 29.7 Å². The zero-order valence-electron chi connectivity index (χ0n) is 16.9. The zero-order valence-corrected chi connectivity index (χ0v) is 17.7. The first-order valence-corrected chi connectivity index (χ1v) is 10.9. The molecule has 1 aliphatic carbocycles. The Morgan fingerprint density at radius 3 is 2.39 bits per heavy atom. The first-order valence-electron chi connectivity index (χ1n) is 10.0. The fourth-order valence-electron chi connectivity index (χ4n) is 3.97. The Bertz CT molecular complexity index is 766. The summed E-state index contributed by atoms with van der Waals surface area (Å²) in [6.07, 6.45) is 3.39. The minimum absolute atomic E-state index is 0.135. The van der Waals surface area contributed by atoms with E-state index in [0.29, 0.717) is 49.1 Å². The van der Waals surface area contributed by atoms with Crippen LogP contribution in [0.4, 0.5) is 5.00 Å². The Morgan fingerprint density at radius 1 is 1.11 bits per heavy atom. The van der Waals surface area contributed by atoms with Gasteiger partial charge in [-0.05, 0) is 37.7 Å². The minimum atomic E-state index is -0.473. The molecule has 3 amide bonds. The van der Waals surface area contributed by atoms with Crippen LogP contribution in [0.3, 0.4) is 0 Å². The van der Waals surface area contributed by atoms with Crippen LogP contribution in [-0.4, -0.2) is 59.7 Å². The zero-order chi connectivity index (χ0) is 20.4. The molecule has 1 atom stereocenters. The van der Waals surface area contributed by atoms with Gasteiger partial charge in [0.05, 0.1) is 11.6 Å². The largest absolute Gasteiger partial charge is 0.365 e. The molecule has 154 valence electrons. The van der Waals surface area contributed by atoms with Crippen molar-refractivity contribution >= 4 is 34.1 Å². The second-order valence-electron chi connectivity index (χ2n) is 8.11. The van der Waals surface area contributed by atoms with Crippen LogP contribution in [0.5, 0.6) is 0 Å². The highest BCUT2D eigenvalue weighted by Crippen LogP contribution is 2.38. The Morgan fingerprint density at radius 2 is 1.79 bits per heavy atom. The summed E-state index contributed by atoms with van der Waals surface area (Å²) < 4.78 is 0. The summed E-state index contributed by atoms with van der Waals surface area (Å²) in [6, 6.07) is -0.333. The van der Waals surface area contributed by atoms with Gasteiger partial charge in [-0.15, -0.1) is 11.3 Å². The van der Waals surface area contributed by atoms with E-state index in [1.165, 1.54) is 11.3 Å². The van der Waals surface area contributed by atoms with Gasteiger partial charge in [0.15, 0.2) is 0 Å². The molecule has 3 N–H and O–H groups in total. The minimum Gasteiger partial charge on any atom is -0.365 e. The lowest BCUT2D eigenvalue weighted by Gasteiger charge is -2.37. The van der Waals surface area contributed by atoms with Crippen molar-refractivity contribution in [2.24, 2.45) is 11.7 Å². The average Bonchev–Trinajstić information content (AvgIpc) is 3.20. The molecule has 1 fully saturated rings. The Hall–Kier alpha value is -1.93. The normalized spacial score (nSPS) is 18.2. The van der Waals surface area contributed by atoms with Crippen molar-refractivity contribution in [1.82, 2.24) is 9.80 Å². The van der Waals surface area contributed by atoms with Crippen LogP contribution in [0.25, 0.3) is 0 Å². The number of piperazine rings is 1. The molecule has 0 aromatic carbocycles. The average molecular weight is 407 g/mol. The van der Waals surface area contributed by atoms with Gasteiger partial charge >= 0.3 is 0 Å². The number of hydrogen-bond acceptors (Lipinski definition) is 5. The van der Waals surface area contributed by atoms with E-state index in [9.17, 15) is 14.4 Å². The van der Waals surface area contributed by atoms with Crippen molar-refractivity contribution in [1.29, 1.82) is 0 Å². The van der Waals surface area contributed by atoms with E-state index in [-0.39, 0.29) is 17.9 Å². The molecule has 0 saturated carbocycles. The number of primary amides is 1. The van der Waals surface area contributed by atoms with Crippen LogP contribution in [0.2, 0.25) is 0 Å². The van der Waals surface area contributed by atoms with Gasteiger partial charge < -0.3 is 16.0 Å². The second-order valence-corrected chi connectivity index (χ2v) is 9.21. The molecule has 1 unspecified atom stereocenters. The van der Waals surface area contributed by atoms with Crippen molar-refractivity contribution < 1.29 is 14.4 Å². The standard InChI is InChI=1S/C20H30N4O3S/c1-12(2)11-16(25)24-9-7-23(8-10-24)13(3)19(27)22-20-17(18(21)26)14-5-4-6-15(14)28-20/h12-13H,4-11H2,1-3H3,(H2,21,26)(H,22,27). The number of amides is 3. The topological polar surface area (TPSA) is 95.7 Å². The molecule has 2 aliphatic rings. The van der Waals surface area contributed by atoms with Gasteiger partial charge in [0.2, 0.25) is 11.8 Å². The number of rotatable bonds is 6. The summed E-state index contributed by atoms with van der Waals surface area (Å²) in [5.41, 5.74) is 7.07. The molecule has 1 aliphatic heterocycles. The first-order chi connectivity index (χ1) is 13.3. The smallest absolute Gasteiger partial charge is 0.251 e. The quantitative estimate of drug-likeness (QED) is 0.754. The van der Waals surface area contributed by atoms with Gasteiger partial charge in [-0.2, -0.15) is 0 Å². The molecule has 1 saturated heterocycles. The highest BCUT2D eigenvalue weighted by molar-refractivity contribution is 7.17. The maximum absolute atomic E-state index is 12.8. The number of carbonyl (C=O) groups excluding carboxylic acids is 3. The number of aryl methyl sites for hydroxylation is 1. The highest BCUT2D eigenvalue weighted by atomic mass is 32.1. The van der Waals surface area contributed by atoms with Gasteiger partial charge in [-0.1, -0.05) is 13.8 Å². The third kappa shape index (κ3) is 4.38. The number of nitrogens with one attached hydrogen (secondary N) is 1. The molecular formula is C20H30N4O3S. The van der Waals surface area contributed by atoms with Crippen molar-refractivity contribution in [2.45, 2.75) is 52.5 Å². The number of nitrogens with zero attached hydrogens (tertiary/aromatic N) is 2. The molecule has 0 radical (unpaired) electrons. The van der Waals surface area contributed by atoms with Gasteiger partial charge in [-0.3, -0.25) is 19.3 Å². The van der Waals surface area contributed by atoms with Crippen molar-refractivity contribution in [2.75, 3.05) is 31.5 Å². The number of anilines is 1. The summed E-state index contributed by atoms with van der Waals surface area (Å²) in [5, 5.41) is 3.52. The van der Waals surface area contributed by atoms with Crippen molar-refractivity contribution in [3.63, 3.8) is 0 Å². The third-order valence-electron chi connectivity index (χ3n) is 5.58. The predicted octanol–water partition coefficient (Wildman–Crippen LogP) is 1.85. The van der Waals surface area contributed by atoms with E-state index >= 15 is 0 Å². The van der Waals surface area contributed by atoms with Gasteiger partial charge in [0.25, 0.3) is 5.91 Å². The fourth-order valence-corrected chi connectivity index (χ4v) is 5.27. The first kappa shape index (κ1) is 20.8. The SMILES string of the molecule is CC(C)CC(=O)N1CCN(C(C)C(=O)Nc2sc3c(c2C(N)=O)CCC3)CC1. The van der Waals surface area contributed by atoms with Crippen molar-refractivity contribution in [3.8, 4) is 0 Å². The lowest BCUT2D eigenvalue weighted by atomic mass is 10.1. The summed E-state index contributed by atoms with van der Waals surface area (Å²) in [5.74, 6) is -0.0722. The molecular weight excluding hydrogens is 376 g/mol. The van der Waals surface area contributed by atoms with E-state index in [1.54, 1.807) is 0 Å². The van der Waals surface area contributed by atoms with E-state index in [4.69, 9.17) is 5.73 Å². The van der Waals surface area contributed by atoms with Crippen LogP contribution in [0.15, 0.2) is 0 Å². The second kappa shape index (κ2) is 8.61. The number of hydrogen-bond donors (Lipinski definition) is 2. The number of fused-ring (bicyclic) bond motifs is 1. The Balaban J connectivity index is 1.59. The highest BCUT2D eigenvalue weighted by Gasteiger charge is 2.30. The maximum atomic E-state index is 12.8. The van der Waals surface area contributed by atoms with Crippen LogP contribution in [0, 0.1) is 5.92 Å². The summed E-state index contributed by atoms with van der Waals surface area (Å²) >= 11 is 1.48. The number of thiophene rings is 1. The van der Waals surface area contributed by atoms with Gasteiger partial charge in [0, 0.05) is 37.5 Å². The molecule has 7 nitrogen and oxygen atoms in total. The molecule has 0 bridgehead atoms. The monoisotopic (exact) mass is 406 g/mol. The van der Waals surface area contributed by atoms with Crippen molar-refractivity contribution in [3.05, 3.63) is 16.0 Å². The van der Waals surface area contributed by atoms with E-state index in [1.807, 2.05) is 25.7 Å². The predicted molar refractivity (Wildman–Crippen MR) is 111 cm³/mol. The maximum Gasteiger partial charge on any atom is 0.251 e. The van der Waals surface area contributed by atoms with Crippen LogP contribution in [0.1, 0.15) is 54.4 Å². The lowest BCUT2D eigenvalue weighted by Crippen LogP contribution is -2.54. The third-order valence-corrected chi connectivity index (χ3v) is 6.79. The lowest BCUT2D eigenvalue weighted by molar-refractivity contribution is -0.134. The van der Waals surface area contributed by atoms with Crippen LogP contribution in [-0.2, 0) is 22.4 Å². The van der Waals surface area contributed by atoms with E-state index in [2.05, 4.69) is 10.2 Å². The molecule has 1 aromatic rings. The van der Waals surface area contributed by atoms with Crippen LogP contribution < -0.4 is 11.1 Å². The summed E-state index contributed by atoms with van der Waals surface area (Å²) in [6.45, 7) is 8.57. The molecule has 2 heterocycles. The molecule has 8 heteroatoms. The van der Waals surface area contributed by atoms with Gasteiger partial charge in [0.1, 0.15) is 5.00 Å².